The van der Waals surface area contributed by atoms with Gasteiger partial charge in [0.15, 0.2) is 0 Å². The van der Waals surface area contributed by atoms with Crippen LogP contribution in [0.15, 0.2) is 18.6 Å². The molecule has 4 nitrogen and oxygen atoms in total. The van der Waals surface area contributed by atoms with Crippen molar-refractivity contribution in [2.45, 2.75) is 33.2 Å². The molecule has 0 unspecified atom stereocenters. The number of nitrogens with one attached hydrogen (secondary N) is 1. The summed E-state index contributed by atoms with van der Waals surface area (Å²) in [6.07, 6.45) is 5.15. The van der Waals surface area contributed by atoms with Crippen LogP contribution in [-0.4, -0.2) is 21.5 Å². The summed E-state index contributed by atoms with van der Waals surface area (Å²) < 4.78 is 0. The number of hydrogen-bond acceptors (Lipinski definition) is 5. The summed E-state index contributed by atoms with van der Waals surface area (Å²) in [5.74, 6) is 0.431. The van der Waals surface area contributed by atoms with Gasteiger partial charge in [0.25, 0.3) is 0 Å². The fourth-order valence-electron chi connectivity index (χ4n) is 1.70. The number of nitrogens with zero attached hydrogens (tertiary/aromatic N) is 3. The average Bonchev–Trinajstić information content (AvgIpc) is 2.81. The molecular weight excluding hydrogens is 244 g/mol. The van der Waals surface area contributed by atoms with E-state index in [1.54, 1.807) is 29.9 Å². The maximum absolute atomic E-state index is 4.71. The fraction of sp³-hybridized carbons (Fsp3) is 0.462. The fourth-order valence-corrected chi connectivity index (χ4v) is 2.85. The smallest absolute Gasteiger partial charge is 0.144 e. The molecule has 0 aliphatic heterocycles. The van der Waals surface area contributed by atoms with E-state index >= 15 is 0 Å². The van der Waals surface area contributed by atoms with Crippen LogP contribution in [0.25, 0.3) is 10.7 Å². The summed E-state index contributed by atoms with van der Waals surface area (Å²) in [5, 5.41) is 4.32. The zero-order valence-corrected chi connectivity index (χ0v) is 11.8. The van der Waals surface area contributed by atoms with Crippen LogP contribution in [0.3, 0.4) is 0 Å². The Kier molecular flexibility index (Phi) is 4.38. The SMILES string of the molecule is CCNCc1sc(-c2cnccn2)nc1C(C)C. The van der Waals surface area contributed by atoms with Crippen molar-refractivity contribution in [1.82, 2.24) is 20.3 Å². The Balaban J connectivity index is 2.33. The molecule has 0 aromatic carbocycles. The first-order chi connectivity index (χ1) is 8.72. The van der Waals surface area contributed by atoms with Gasteiger partial charge in [-0.3, -0.25) is 9.97 Å². The summed E-state index contributed by atoms with van der Waals surface area (Å²) in [6, 6.07) is 0. The highest BCUT2D eigenvalue weighted by Gasteiger charge is 2.15. The Labute approximate surface area is 112 Å². The van der Waals surface area contributed by atoms with Gasteiger partial charge in [-0.1, -0.05) is 20.8 Å². The van der Waals surface area contributed by atoms with Crippen molar-refractivity contribution in [1.29, 1.82) is 0 Å². The summed E-state index contributed by atoms with van der Waals surface area (Å²) >= 11 is 1.70. The molecule has 18 heavy (non-hydrogen) atoms. The maximum atomic E-state index is 4.71. The summed E-state index contributed by atoms with van der Waals surface area (Å²) in [7, 11) is 0. The van der Waals surface area contributed by atoms with Crippen LogP contribution in [0.2, 0.25) is 0 Å². The molecule has 0 aliphatic carbocycles. The zero-order chi connectivity index (χ0) is 13.0. The summed E-state index contributed by atoms with van der Waals surface area (Å²) in [4.78, 5) is 14.4. The van der Waals surface area contributed by atoms with Gasteiger partial charge in [0.1, 0.15) is 10.7 Å². The molecule has 2 heterocycles. The van der Waals surface area contributed by atoms with E-state index in [-0.39, 0.29) is 0 Å². The molecule has 1 N–H and O–H groups in total. The molecular formula is C13H18N4S. The van der Waals surface area contributed by atoms with Crippen molar-refractivity contribution < 1.29 is 0 Å². The van der Waals surface area contributed by atoms with E-state index in [0.717, 1.165) is 23.8 Å². The largest absolute Gasteiger partial charge is 0.312 e. The van der Waals surface area contributed by atoms with E-state index in [1.165, 1.54) is 10.6 Å². The number of hydrogen-bond donors (Lipinski definition) is 1. The molecule has 0 radical (unpaired) electrons. The van der Waals surface area contributed by atoms with Gasteiger partial charge in [-0.05, 0) is 12.5 Å². The number of thiazole rings is 1. The first-order valence-electron chi connectivity index (χ1n) is 6.19. The maximum Gasteiger partial charge on any atom is 0.144 e. The van der Waals surface area contributed by atoms with Gasteiger partial charge in [-0.15, -0.1) is 11.3 Å². The lowest BCUT2D eigenvalue weighted by atomic mass is 10.1. The van der Waals surface area contributed by atoms with Gasteiger partial charge < -0.3 is 5.32 Å². The van der Waals surface area contributed by atoms with E-state index < -0.39 is 0 Å². The third-order valence-electron chi connectivity index (χ3n) is 2.59. The van der Waals surface area contributed by atoms with Crippen LogP contribution >= 0.6 is 11.3 Å². The molecule has 0 amide bonds. The second-order valence-corrected chi connectivity index (χ2v) is 5.44. The highest BCUT2D eigenvalue weighted by atomic mass is 32.1. The molecule has 0 atom stereocenters. The minimum atomic E-state index is 0.431. The predicted octanol–water partition coefficient (Wildman–Crippen LogP) is 2.83. The molecule has 0 saturated carbocycles. The Morgan fingerprint density at radius 1 is 1.33 bits per heavy atom. The quantitative estimate of drug-likeness (QED) is 0.900. The molecule has 96 valence electrons. The number of aromatic nitrogens is 3. The minimum absolute atomic E-state index is 0.431. The zero-order valence-electron chi connectivity index (χ0n) is 11.0. The van der Waals surface area contributed by atoms with Crippen molar-refractivity contribution in [2.75, 3.05) is 6.54 Å². The van der Waals surface area contributed by atoms with Crippen molar-refractivity contribution in [3.63, 3.8) is 0 Å². The van der Waals surface area contributed by atoms with Gasteiger partial charge in [-0.2, -0.15) is 0 Å². The third-order valence-corrected chi connectivity index (χ3v) is 3.69. The number of rotatable bonds is 5. The van der Waals surface area contributed by atoms with Gasteiger partial charge in [0.2, 0.25) is 0 Å². The Bertz CT molecular complexity index is 493. The molecule has 0 aliphatic rings. The molecule has 2 rings (SSSR count). The summed E-state index contributed by atoms with van der Waals surface area (Å²) in [6.45, 7) is 8.30. The van der Waals surface area contributed by atoms with Gasteiger partial charge >= 0.3 is 0 Å². The topological polar surface area (TPSA) is 50.7 Å². The van der Waals surface area contributed by atoms with Crippen LogP contribution in [0.4, 0.5) is 0 Å². The van der Waals surface area contributed by atoms with Crippen LogP contribution in [0.5, 0.6) is 0 Å². The van der Waals surface area contributed by atoms with Crippen molar-refractivity contribution in [3.8, 4) is 10.7 Å². The minimum Gasteiger partial charge on any atom is -0.312 e. The highest BCUT2D eigenvalue weighted by Crippen LogP contribution is 2.30. The van der Waals surface area contributed by atoms with Crippen LogP contribution in [-0.2, 0) is 6.54 Å². The summed E-state index contributed by atoms with van der Waals surface area (Å²) in [5.41, 5.74) is 2.02. The van der Waals surface area contributed by atoms with Gasteiger partial charge in [0.05, 0.1) is 11.9 Å². The molecule has 0 saturated heterocycles. The van der Waals surface area contributed by atoms with E-state index in [2.05, 4.69) is 36.1 Å². The molecule has 2 aromatic rings. The normalized spacial score (nSPS) is 11.1. The molecule has 5 heteroatoms. The molecule has 0 fully saturated rings. The van der Waals surface area contributed by atoms with Crippen LogP contribution in [0, 0.1) is 0 Å². The lowest BCUT2D eigenvalue weighted by molar-refractivity contribution is 0.714. The predicted molar refractivity (Wildman–Crippen MR) is 74.6 cm³/mol. The lowest BCUT2D eigenvalue weighted by Crippen LogP contribution is -2.12. The van der Waals surface area contributed by atoms with Crippen molar-refractivity contribution in [3.05, 3.63) is 29.2 Å². The second kappa shape index (κ2) is 6.02. The van der Waals surface area contributed by atoms with Crippen molar-refractivity contribution in [2.24, 2.45) is 0 Å². The van der Waals surface area contributed by atoms with Crippen LogP contribution < -0.4 is 5.32 Å². The Hall–Kier alpha value is -1.33. The van der Waals surface area contributed by atoms with E-state index in [9.17, 15) is 0 Å². The molecule has 0 spiro atoms. The standard InChI is InChI=1S/C13H18N4S/c1-4-14-8-11-12(9(2)3)17-13(18-11)10-7-15-5-6-16-10/h5-7,9,14H,4,8H2,1-3H3. The third kappa shape index (κ3) is 2.91. The molecule has 2 aromatic heterocycles. The monoisotopic (exact) mass is 262 g/mol. The van der Waals surface area contributed by atoms with Gasteiger partial charge in [-0.25, -0.2) is 4.98 Å². The van der Waals surface area contributed by atoms with E-state index in [1.807, 2.05) is 0 Å². The second-order valence-electron chi connectivity index (χ2n) is 4.35. The Morgan fingerprint density at radius 2 is 2.17 bits per heavy atom. The highest BCUT2D eigenvalue weighted by molar-refractivity contribution is 7.15. The van der Waals surface area contributed by atoms with Gasteiger partial charge in [0, 0.05) is 23.8 Å². The van der Waals surface area contributed by atoms with Crippen molar-refractivity contribution >= 4 is 11.3 Å². The molecule has 0 bridgehead atoms. The van der Waals surface area contributed by atoms with E-state index in [0.29, 0.717) is 5.92 Å². The Morgan fingerprint density at radius 3 is 2.78 bits per heavy atom. The van der Waals surface area contributed by atoms with Crippen LogP contribution in [0.1, 0.15) is 37.3 Å². The first kappa shape index (κ1) is 13.1. The van der Waals surface area contributed by atoms with E-state index in [4.69, 9.17) is 4.98 Å². The lowest BCUT2D eigenvalue weighted by Gasteiger charge is -2.04. The average molecular weight is 262 g/mol. The first-order valence-corrected chi connectivity index (χ1v) is 7.00.